The van der Waals surface area contributed by atoms with E-state index in [0.717, 1.165) is 20.6 Å². The van der Waals surface area contributed by atoms with Gasteiger partial charge in [0.15, 0.2) is 0 Å². The van der Waals surface area contributed by atoms with Crippen molar-refractivity contribution in [2.24, 2.45) is 0 Å². The van der Waals surface area contributed by atoms with Crippen molar-refractivity contribution in [1.29, 1.82) is 0 Å². The van der Waals surface area contributed by atoms with Crippen LogP contribution in [-0.4, -0.2) is 17.0 Å². The molecule has 0 fully saturated rings. The number of aromatic carboxylic acids is 1. The van der Waals surface area contributed by atoms with Gasteiger partial charge in [0.05, 0.1) is 18.5 Å². The Labute approximate surface area is 127 Å². The number of carbonyl (C=O) groups excluding carboxylic acids is 1. The number of carboxylic acids is 1. The fraction of sp³-hybridized carbons (Fsp3) is 0.143. The first-order valence-corrected chi connectivity index (χ1v) is 7.61. The van der Waals surface area contributed by atoms with Crippen LogP contribution in [-0.2, 0) is 17.8 Å². The summed E-state index contributed by atoms with van der Waals surface area (Å²) in [6, 6.07) is 6.82. The number of carbonyl (C=O) groups is 2. The summed E-state index contributed by atoms with van der Waals surface area (Å²) in [5.41, 5.74) is 1.81. The van der Waals surface area contributed by atoms with Gasteiger partial charge in [0.25, 0.3) is 0 Å². The summed E-state index contributed by atoms with van der Waals surface area (Å²) in [5.74, 6) is -0.965. The summed E-state index contributed by atoms with van der Waals surface area (Å²) in [7, 11) is 0. The first-order valence-electron chi connectivity index (χ1n) is 5.94. The van der Waals surface area contributed by atoms with E-state index in [2.05, 4.69) is 15.9 Å². The van der Waals surface area contributed by atoms with Crippen LogP contribution in [0.3, 0.4) is 0 Å². The minimum absolute atomic E-state index is 0.00654. The zero-order valence-corrected chi connectivity index (χ0v) is 12.7. The van der Waals surface area contributed by atoms with Crippen LogP contribution in [0, 0.1) is 0 Å². The van der Waals surface area contributed by atoms with Crippen molar-refractivity contribution in [2.45, 2.75) is 13.0 Å². The highest BCUT2D eigenvalue weighted by Crippen LogP contribution is 2.32. The van der Waals surface area contributed by atoms with Crippen molar-refractivity contribution in [3.05, 3.63) is 50.1 Å². The van der Waals surface area contributed by atoms with Crippen LogP contribution in [0.2, 0.25) is 0 Å². The third-order valence-corrected chi connectivity index (χ3v) is 4.88. The molecule has 20 heavy (non-hydrogen) atoms. The number of fused-ring (bicyclic) bond motifs is 1. The maximum absolute atomic E-state index is 12.1. The molecule has 0 saturated heterocycles. The maximum Gasteiger partial charge on any atom is 0.335 e. The predicted molar refractivity (Wildman–Crippen MR) is 80.3 cm³/mol. The molecule has 4 nitrogen and oxygen atoms in total. The first-order chi connectivity index (χ1) is 9.54. The summed E-state index contributed by atoms with van der Waals surface area (Å²) in [6.07, 6.45) is 0.267. The molecule has 0 saturated carbocycles. The summed E-state index contributed by atoms with van der Waals surface area (Å²) < 4.78 is 1.01. The highest BCUT2D eigenvalue weighted by atomic mass is 79.9. The molecule has 0 radical (unpaired) electrons. The second-order valence-electron chi connectivity index (χ2n) is 4.54. The Morgan fingerprint density at radius 1 is 1.40 bits per heavy atom. The Morgan fingerprint density at radius 3 is 2.85 bits per heavy atom. The number of anilines is 1. The molecule has 0 unspecified atom stereocenters. The van der Waals surface area contributed by atoms with E-state index in [0.29, 0.717) is 6.54 Å². The topological polar surface area (TPSA) is 57.6 Å². The lowest BCUT2D eigenvalue weighted by Gasteiger charge is -2.16. The number of benzene rings is 1. The van der Waals surface area contributed by atoms with Crippen molar-refractivity contribution >= 4 is 44.8 Å². The highest BCUT2D eigenvalue weighted by Gasteiger charge is 2.28. The molecule has 1 N–H and O–H groups in total. The standard InChI is InChI=1S/C14H10BrNO3S/c15-10-5-11(20-7-10)6-16-12-2-1-8(14(18)19)3-9(12)4-13(16)17/h1-3,5,7H,4,6H2,(H,18,19). The monoisotopic (exact) mass is 351 g/mol. The molecule has 2 aromatic rings. The van der Waals surface area contributed by atoms with Gasteiger partial charge in [-0.05, 0) is 45.8 Å². The van der Waals surface area contributed by atoms with Gasteiger partial charge in [0.2, 0.25) is 5.91 Å². The number of carboxylic acid groups (broad SMARTS) is 1. The number of nitrogens with zero attached hydrogens (tertiary/aromatic N) is 1. The van der Waals surface area contributed by atoms with Gasteiger partial charge >= 0.3 is 5.97 Å². The van der Waals surface area contributed by atoms with Crippen molar-refractivity contribution in [3.63, 3.8) is 0 Å². The molecule has 0 bridgehead atoms. The molecule has 3 rings (SSSR count). The maximum atomic E-state index is 12.1. The van der Waals surface area contributed by atoms with E-state index >= 15 is 0 Å². The molecular formula is C14H10BrNO3S. The van der Waals surface area contributed by atoms with E-state index < -0.39 is 5.97 Å². The van der Waals surface area contributed by atoms with E-state index in [1.54, 1.807) is 28.4 Å². The van der Waals surface area contributed by atoms with Gasteiger partial charge in [-0.25, -0.2) is 4.79 Å². The average Bonchev–Trinajstić information content (AvgIpc) is 2.94. The summed E-state index contributed by atoms with van der Waals surface area (Å²) >= 11 is 4.98. The smallest absolute Gasteiger partial charge is 0.335 e. The van der Waals surface area contributed by atoms with E-state index in [1.807, 2.05) is 11.4 Å². The first kappa shape index (κ1) is 13.3. The van der Waals surface area contributed by atoms with Crippen LogP contribution in [0.5, 0.6) is 0 Å². The van der Waals surface area contributed by atoms with E-state index in [1.165, 1.54) is 6.07 Å². The van der Waals surface area contributed by atoms with E-state index in [-0.39, 0.29) is 17.9 Å². The van der Waals surface area contributed by atoms with Gasteiger partial charge in [-0.3, -0.25) is 4.79 Å². The largest absolute Gasteiger partial charge is 0.478 e. The normalized spacial score (nSPS) is 13.7. The lowest BCUT2D eigenvalue weighted by Crippen LogP contribution is -2.25. The molecule has 2 heterocycles. The molecular weight excluding hydrogens is 342 g/mol. The second kappa shape index (κ2) is 5.03. The van der Waals surface area contributed by atoms with Gasteiger partial charge < -0.3 is 10.0 Å². The third-order valence-electron chi connectivity index (χ3n) is 3.20. The Bertz CT molecular complexity index is 710. The third kappa shape index (κ3) is 2.36. The van der Waals surface area contributed by atoms with E-state index in [4.69, 9.17) is 5.11 Å². The number of rotatable bonds is 3. The number of thiophene rings is 1. The van der Waals surface area contributed by atoms with Gasteiger partial charge in [0.1, 0.15) is 0 Å². The molecule has 1 aliphatic heterocycles. The second-order valence-corrected chi connectivity index (χ2v) is 6.45. The zero-order chi connectivity index (χ0) is 14.3. The fourth-order valence-corrected chi connectivity index (χ4v) is 3.72. The highest BCUT2D eigenvalue weighted by molar-refractivity contribution is 9.10. The van der Waals surface area contributed by atoms with Crippen molar-refractivity contribution in [3.8, 4) is 0 Å². The molecule has 1 aliphatic rings. The quantitative estimate of drug-likeness (QED) is 0.922. The van der Waals surface area contributed by atoms with Crippen LogP contribution in [0.4, 0.5) is 5.69 Å². The zero-order valence-electron chi connectivity index (χ0n) is 10.3. The fourth-order valence-electron chi connectivity index (χ4n) is 2.28. The predicted octanol–water partition coefficient (Wildman–Crippen LogP) is 3.30. The van der Waals surface area contributed by atoms with Crippen molar-refractivity contribution in [1.82, 2.24) is 0 Å². The van der Waals surface area contributed by atoms with Crippen LogP contribution in [0.1, 0.15) is 20.8 Å². The Morgan fingerprint density at radius 2 is 2.20 bits per heavy atom. The molecule has 0 spiro atoms. The molecule has 1 amide bonds. The molecule has 102 valence electrons. The van der Waals surface area contributed by atoms with Crippen LogP contribution >= 0.6 is 27.3 Å². The Hall–Kier alpha value is -1.66. The van der Waals surface area contributed by atoms with Crippen molar-refractivity contribution in [2.75, 3.05) is 4.90 Å². The minimum Gasteiger partial charge on any atom is -0.478 e. The number of hydrogen-bond acceptors (Lipinski definition) is 3. The lowest BCUT2D eigenvalue weighted by molar-refractivity contribution is -0.117. The summed E-state index contributed by atoms with van der Waals surface area (Å²) in [5, 5.41) is 11.0. The van der Waals surface area contributed by atoms with Gasteiger partial charge in [-0.1, -0.05) is 0 Å². The van der Waals surface area contributed by atoms with Crippen LogP contribution in [0.15, 0.2) is 34.1 Å². The number of amides is 1. The average molecular weight is 352 g/mol. The number of halogens is 1. The van der Waals surface area contributed by atoms with Gasteiger partial charge in [-0.2, -0.15) is 0 Å². The Kier molecular flexibility index (Phi) is 3.35. The lowest BCUT2D eigenvalue weighted by atomic mass is 10.1. The van der Waals surface area contributed by atoms with Crippen LogP contribution < -0.4 is 4.90 Å². The summed E-state index contributed by atoms with van der Waals surface area (Å²) in [4.78, 5) is 25.8. The van der Waals surface area contributed by atoms with Gasteiger partial charge in [0, 0.05) is 20.4 Å². The molecule has 1 aromatic heterocycles. The van der Waals surface area contributed by atoms with Crippen molar-refractivity contribution < 1.29 is 14.7 Å². The molecule has 6 heteroatoms. The minimum atomic E-state index is -0.971. The molecule has 0 atom stereocenters. The summed E-state index contributed by atoms with van der Waals surface area (Å²) in [6.45, 7) is 0.522. The number of hydrogen-bond donors (Lipinski definition) is 1. The van der Waals surface area contributed by atoms with Gasteiger partial charge in [-0.15, -0.1) is 11.3 Å². The SMILES string of the molecule is O=C(O)c1ccc2c(c1)CC(=O)N2Cc1cc(Br)cs1. The molecule has 1 aromatic carbocycles. The molecule has 0 aliphatic carbocycles. The van der Waals surface area contributed by atoms with Crippen LogP contribution in [0.25, 0.3) is 0 Å². The van der Waals surface area contributed by atoms with E-state index in [9.17, 15) is 9.59 Å². The Balaban J connectivity index is 1.92.